The van der Waals surface area contributed by atoms with Crippen LogP contribution in [0.15, 0.2) is 42.9 Å². The topological polar surface area (TPSA) is 33.1 Å². The molecule has 0 spiro atoms. The zero-order chi connectivity index (χ0) is 15.2. The van der Waals surface area contributed by atoms with Crippen LogP contribution in [0.5, 0.6) is 0 Å². The summed E-state index contributed by atoms with van der Waals surface area (Å²) in [6, 6.07) is 10.8. The maximum atomic E-state index is 4.15. The zero-order valence-electron chi connectivity index (χ0n) is 13.4. The van der Waals surface area contributed by atoms with Crippen LogP contribution in [-0.2, 0) is 20.0 Å². The molecule has 3 rings (SSSR count). The molecular weight excluding hydrogens is 272 g/mol. The molecular formula is C18H26N4. The van der Waals surface area contributed by atoms with Crippen LogP contribution in [0.2, 0.25) is 0 Å². The van der Waals surface area contributed by atoms with Gasteiger partial charge in [-0.15, -0.1) is 0 Å². The maximum absolute atomic E-state index is 4.15. The Labute approximate surface area is 133 Å². The Morgan fingerprint density at radius 1 is 1.27 bits per heavy atom. The third kappa shape index (κ3) is 4.18. The molecule has 0 radical (unpaired) electrons. The molecule has 0 amide bonds. The third-order valence-corrected chi connectivity index (χ3v) is 4.59. The molecule has 4 nitrogen and oxygen atoms in total. The SMILES string of the molecule is Cn1cncc1CNC[C@H]1CCN(CCc2ccccc2)C1. The van der Waals surface area contributed by atoms with Gasteiger partial charge in [-0.3, -0.25) is 0 Å². The average Bonchev–Trinajstić information content (AvgIpc) is 3.16. The first-order chi connectivity index (χ1) is 10.8. The third-order valence-electron chi connectivity index (χ3n) is 4.59. The Bertz CT molecular complexity index is 563. The fraction of sp³-hybridized carbons (Fsp3) is 0.500. The highest BCUT2D eigenvalue weighted by Crippen LogP contribution is 2.16. The van der Waals surface area contributed by atoms with E-state index in [-0.39, 0.29) is 0 Å². The van der Waals surface area contributed by atoms with Gasteiger partial charge in [0.1, 0.15) is 0 Å². The molecule has 22 heavy (non-hydrogen) atoms. The number of nitrogens with zero attached hydrogens (tertiary/aromatic N) is 3. The molecule has 1 aromatic carbocycles. The number of likely N-dealkylation sites (tertiary alicyclic amines) is 1. The van der Waals surface area contributed by atoms with Gasteiger partial charge < -0.3 is 14.8 Å². The highest BCUT2D eigenvalue weighted by Gasteiger charge is 2.21. The normalized spacial score (nSPS) is 18.9. The fourth-order valence-corrected chi connectivity index (χ4v) is 3.17. The molecule has 1 fully saturated rings. The minimum absolute atomic E-state index is 0.781. The van der Waals surface area contributed by atoms with Crippen molar-refractivity contribution in [2.24, 2.45) is 13.0 Å². The smallest absolute Gasteiger partial charge is 0.0945 e. The van der Waals surface area contributed by atoms with Gasteiger partial charge in [0.15, 0.2) is 0 Å². The van der Waals surface area contributed by atoms with Crippen molar-refractivity contribution in [3.05, 3.63) is 54.1 Å². The molecule has 1 atom stereocenters. The van der Waals surface area contributed by atoms with E-state index in [9.17, 15) is 0 Å². The minimum atomic E-state index is 0.781. The highest BCUT2D eigenvalue weighted by molar-refractivity contribution is 5.14. The molecule has 1 aliphatic heterocycles. The lowest BCUT2D eigenvalue weighted by molar-refractivity contribution is 0.325. The van der Waals surface area contributed by atoms with Crippen molar-refractivity contribution in [1.82, 2.24) is 19.8 Å². The first-order valence-electron chi connectivity index (χ1n) is 8.23. The lowest BCUT2D eigenvalue weighted by Crippen LogP contribution is -2.27. The number of imidazole rings is 1. The second-order valence-corrected chi connectivity index (χ2v) is 6.32. The first kappa shape index (κ1) is 15.3. The Morgan fingerprint density at radius 3 is 2.91 bits per heavy atom. The van der Waals surface area contributed by atoms with E-state index in [2.05, 4.69) is 50.1 Å². The second-order valence-electron chi connectivity index (χ2n) is 6.32. The Kier molecular flexibility index (Phi) is 5.24. The quantitative estimate of drug-likeness (QED) is 0.849. The largest absolute Gasteiger partial charge is 0.337 e. The van der Waals surface area contributed by atoms with Gasteiger partial charge in [0, 0.05) is 32.9 Å². The first-order valence-corrected chi connectivity index (χ1v) is 8.23. The van der Waals surface area contributed by atoms with Crippen LogP contribution >= 0.6 is 0 Å². The van der Waals surface area contributed by atoms with E-state index in [0.29, 0.717) is 0 Å². The summed E-state index contributed by atoms with van der Waals surface area (Å²) in [6.45, 7) is 5.67. The number of rotatable bonds is 7. The number of nitrogens with one attached hydrogen (secondary N) is 1. The van der Waals surface area contributed by atoms with E-state index < -0.39 is 0 Å². The lowest BCUT2D eigenvalue weighted by Gasteiger charge is -2.16. The molecule has 118 valence electrons. The van der Waals surface area contributed by atoms with Gasteiger partial charge in [-0.25, -0.2) is 4.98 Å². The van der Waals surface area contributed by atoms with Crippen LogP contribution in [0.3, 0.4) is 0 Å². The van der Waals surface area contributed by atoms with E-state index in [1.165, 1.54) is 37.3 Å². The summed E-state index contributed by atoms with van der Waals surface area (Å²) >= 11 is 0. The molecule has 4 heteroatoms. The van der Waals surface area contributed by atoms with Gasteiger partial charge >= 0.3 is 0 Å². The van der Waals surface area contributed by atoms with Gasteiger partial charge in [0.2, 0.25) is 0 Å². The Morgan fingerprint density at radius 2 is 2.14 bits per heavy atom. The van der Waals surface area contributed by atoms with Crippen LogP contribution in [-0.4, -0.2) is 40.6 Å². The van der Waals surface area contributed by atoms with Gasteiger partial charge in [-0.2, -0.15) is 0 Å². The van der Waals surface area contributed by atoms with E-state index in [1.807, 2.05) is 19.6 Å². The predicted molar refractivity (Wildman–Crippen MR) is 89.6 cm³/mol. The molecule has 2 aromatic rings. The minimum Gasteiger partial charge on any atom is -0.337 e. The molecule has 1 aromatic heterocycles. The van der Waals surface area contributed by atoms with Crippen LogP contribution in [0.25, 0.3) is 0 Å². The fourth-order valence-electron chi connectivity index (χ4n) is 3.17. The number of aromatic nitrogens is 2. The monoisotopic (exact) mass is 298 g/mol. The van der Waals surface area contributed by atoms with Crippen molar-refractivity contribution in [1.29, 1.82) is 0 Å². The molecule has 1 aliphatic rings. The van der Waals surface area contributed by atoms with Crippen molar-refractivity contribution in [3.8, 4) is 0 Å². The van der Waals surface area contributed by atoms with Crippen molar-refractivity contribution in [2.45, 2.75) is 19.4 Å². The molecule has 2 heterocycles. The zero-order valence-corrected chi connectivity index (χ0v) is 13.4. The van der Waals surface area contributed by atoms with Gasteiger partial charge in [0.25, 0.3) is 0 Å². The summed E-state index contributed by atoms with van der Waals surface area (Å²) in [5.74, 6) is 0.781. The number of benzene rings is 1. The van der Waals surface area contributed by atoms with Gasteiger partial charge in [-0.1, -0.05) is 30.3 Å². The van der Waals surface area contributed by atoms with E-state index in [1.54, 1.807) is 0 Å². The van der Waals surface area contributed by atoms with Crippen molar-refractivity contribution in [2.75, 3.05) is 26.2 Å². The summed E-state index contributed by atoms with van der Waals surface area (Å²) in [4.78, 5) is 6.75. The average molecular weight is 298 g/mol. The highest BCUT2D eigenvalue weighted by atomic mass is 15.1. The molecule has 0 unspecified atom stereocenters. The standard InChI is InChI=1S/C18H26N4/c1-21-15-20-13-18(21)12-19-11-17-8-10-22(14-17)9-7-16-5-3-2-4-6-16/h2-6,13,15,17,19H,7-12,14H2,1H3/t17-/m1/s1. The second kappa shape index (κ2) is 7.56. The Hall–Kier alpha value is -1.65. The molecule has 0 bridgehead atoms. The lowest BCUT2D eigenvalue weighted by atomic mass is 10.1. The van der Waals surface area contributed by atoms with E-state index in [4.69, 9.17) is 0 Å². The number of hydrogen-bond donors (Lipinski definition) is 1. The summed E-state index contributed by atoms with van der Waals surface area (Å²) in [6.07, 6.45) is 6.27. The predicted octanol–water partition coefficient (Wildman–Crippen LogP) is 2.07. The van der Waals surface area contributed by atoms with Gasteiger partial charge in [0.05, 0.1) is 12.0 Å². The van der Waals surface area contributed by atoms with Crippen LogP contribution in [0, 0.1) is 5.92 Å². The van der Waals surface area contributed by atoms with Crippen LogP contribution < -0.4 is 5.32 Å². The van der Waals surface area contributed by atoms with Crippen LogP contribution in [0.4, 0.5) is 0 Å². The van der Waals surface area contributed by atoms with Crippen molar-refractivity contribution in [3.63, 3.8) is 0 Å². The van der Waals surface area contributed by atoms with Crippen molar-refractivity contribution >= 4 is 0 Å². The van der Waals surface area contributed by atoms with E-state index in [0.717, 1.165) is 25.4 Å². The molecule has 0 saturated carbocycles. The Balaban J connectivity index is 1.35. The molecule has 1 saturated heterocycles. The molecule has 1 N–H and O–H groups in total. The number of hydrogen-bond acceptors (Lipinski definition) is 3. The summed E-state index contributed by atoms with van der Waals surface area (Å²) < 4.78 is 2.08. The van der Waals surface area contributed by atoms with Crippen molar-refractivity contribution < 1.29 is 0 Å². The summed E-state index contributed by atoms with van der Waals surface area (Å²) in [5.41, 5.74) is 2.69. The van der Waals surface area contributed by atoms with E-state index >= 15 is 0 Å². The maximum Gasteiger partial charge on any atom is 0.0945 e. The van der Waals surface area contributed by atoms with Crippen LogP contribution in [0.1, 0.15) is 17.7 Å². The van der Waals surface area contributed by atoms with Gasteiger partial charge in [-0.05, 0) is 37.4 Å². The number of aryl methyl sites for hydroxylation is 1. The summed E-state index contributed by atoms with van der Waals surface area (Å²) in [5, 5.41) is 3.58. The molecule has 0 aliphatic carbocycles. The summed E-state index contributed by atoms with van der Waals surface area (Å²) in [7, 11) is 2.05.